The lowest BCUT2D eigenvalue weighted by Gasteiger charge is -2.40. The van der Waals surface area contributed by atoms with E-state index in [0.29, 0.717) is 47.1 Å². The second kappa shape index (κ2) is 20.4. The minimum Gasteiger partial charge on any atom is -0.379 e. The summed E-state index contributed by atoms with van der Waals surface area (Å²) in [7, 11) is 0. The zero-order chi connectivity index (χ0) is 41.0. The third-order valence-corrected chi connectivity index (χ3v) is 11.1. The Kier molecular flexibility index (Phi) is 16.3. The number of rotatable bonds is 15. The standard InChI is InChI=1S/C37H46F4N6O3S.C5H12/c1-4-23(2)32(34(51)42-14-15-47-16-18-50-19-17-47)45-35(49)36(46-24(3)22-43-31(48)20-25-8-5-6-11-29(25)38)13-12-30-27(21-36)26-9-7-10-28(33(26)44-30)37(39,40)41;1-4-5(2)3/h5-11,23,32,44,46H,3-4,12-22H2,1-2H3,(H,42,51)(H,43,48)(H,45,49);5H,4H2,1-3H3/t23?,32-,36+;/m0./s1. The largest absolute Gasteiger partial charge is 0.418 e. The van der Waals surface area contributed by atoms with Gasteiger partial charge in [-0.25, -0.2) is 4.39 Å². The monoisotopic (exact) mass is 802 g/mol. The summed E-state index contributed by atoms with van der Waals surface area (Å²) >= 11 is 5.83. The van der Waals surface area contributed by atoms with Crippen LogP contribution < -0.4 is 21.3 Å². The van der Waals surface area contributed by atoms with E-state index in [1.54, 1.807) is 18.2 Å². The van der Waals surface area contributed by atoms with Gasteiger partial charge in [0, 0.05) is 49.4 Å². The van der Waals surface area contributed by atoms with E-state index >= 15 is 0 Å². The smallest absolute Gasteiger partial charge is 0.379 e. The number of alkyl halides is 3. The number of thiocarbonyl (C=S) groups is 1. The number of nitrogens with one attached hydrogen (secondary N) is 5. The zero-order valence-corrected chi connectivity index (χ0v) is 34.1. The van der Waals surface area contributed by atoms with Crippen LogP contribution in [0.5, 0.6) is 0 Å². The number of fused-ring (bicyclic) bond motifs is 3. The van der Waals surface area contributed by atoms with Crippen LogP contribution in [0, 0.1) is 17.7 Å². The number of H-pyrrole nitrogens is 1. The Labute approximate surface area is 333 Å². The highest BCUT2D eigenvalue weighted by molar-refractivity contribution is 7.80. The van der Waals surface area contributed by atoms with E-state index in [1.165, 1.54) is 24.6 Å². The molecule has 2 amide bonds. The van der Waals surface area contributed by atoms with Gasteiger partial charge in [0.1, 0.15) is 11.4 Å². The van der Waals surface area contributed by atoms with Crippen LogP contribution in [-0.4, -0.2) is 84.2 Å². The van der Waals surface area contributed by atoms with Crippen molar-refractivity contribution in [2.24, 2.45) is 11.8 Å². The fraction of sp³-hybridized carbons (Fsp3) is 0.548. The van der Waals surface area contributed by atoms with Crippen molar-refractivity contribution in [2.45, 2.75) is 90.9 Å². The Bertz CT molecular complexity index is 1810. The van der Waals surface area contributed by atoms with E-state index in [9.17, 15) is 27.2 Å². The summed E-state index contributed by atoms with van der Waals surface area (Å²) in [6, 6.07) is 9.51. The number of benzene rings is 2. The number of carbonyl (C=O) groups is 2. The first kappa shape index (κ1) is 44.7. The van der Waals surface area contributed by atoms with Gasteiger partial charge in [0.15, 0.2) is 0 Å². The molecule has 0 saturated carbocycles. The molecule has 3 atom stereocenters. The van der Waals surface area contributed by atoms with E-state index in [2.05, 4.69) is 58.5 Å². The molecule has 2 heterocycles. The van der Waals surface area contributed by atoms with Gasteiger partial charge in [-0.15, -0.1) is 0 Å². The maximum Gasteiger partial charge on any atom is 0.418 e. The van der Waals surface area contributed by atoms with Gasteiger partial charge in [0.05, 0.1) is 48.3 Å². The molecule has 3 aromatic rings. The molecule has 308 valence electrons. The number of carbonyl (C=O) groups excluding carboxylic acids is 2. The van der Waals surface area contributed by atoms with Crippen LogP contribution in [0.25, 0.3) is 10.9 Å². The molecule has 0 radical (unpaired) electrons. The Balaban J connectivity index is 0.00000131. The molecule has 1 aliphatic heterocycles. The van der Waals surface area contributed by atoms with Crippen molar-refractivity contribution < 1.29 is 31.9 Å². The van der Waals surface area contributed by atoms with Gasteiger partial charge in [-0.3, -0.25) is 14.5 Å². The van der Waals surface area contributed by atoms with Crippen molar-refractivity contribution in [3.63, 3.8) is 0 Å². The Morgan fingerprint density at radius 1 is 1.04 bits per heavy atom. The molecule has 0 spiro atoms. The van der Waals surface area contributed by atoms with Gasteiger partial charge in [0.25, 0.3) is 0 Å². The van der Waals surface area contributed by atoms with Crippen molar-refractivity contribution >= 4 is 39.9 Å². The number of para-hydroxylation sites is 1. The molecule has 1 saturated heterocycles. The van der Waals surface area contributed by atoms with Crippen LogP contribution in [0.1, 0.15) is 76.3 Å². The maximum absolute atomic E-state index is 14.6. The van der Waals surface area contributed by atoms with E-state index in [0.717, 1.165) is 38.0 Å². The molecule has 1 fully saturated rings. The van der Waals surface area contributed by atoms with E-state index in [-0.39, 0.29) is 55.1 Å². The van der Waals surface area contributed by atoms with E-state index in [4.69, 9.17) is 17.0 Å². The average molecular weight is 803 g/mol. The molecule has 0 bridgehead atoms. The molecule has 9 nitrogen and oxygen atoms in total. The van der Waals surface area contributed by atoms with Crippen molar-refractivity contribution in [3.05, 3.63) is 82.9 Å². The third kappa shape index (κ3) is 12.0. The molecular formula is C42H58F4N6O3S. The molecule has 56 heavy (non-hydrogen) atoms. The van der Waals surface area contributed by atoms with Gasteiger partial charge in [-0.2, -0.15) is 13.2 Å². The topological polar surface area (TPSA) is 111 Å². The van der Waals surface area contributed by atoms with Crippen LogP contribution in [-0.2, 0) is 39.8 Å². The Morgan fingerprint density at radius 2 is 1.73 bits per heavy atom. The average Bonchev–Trinajstić information content (AvgIpc) is 3.54. The van der Waals surface area contributed by atoms with Crippen LogP contribution in [0.15, 0.2) is 54.7 Å². The number of nitrogens with zero attached hydrogens (tertiary/aromatic N) is 1. The van der Waals surface area contributed by atoms with E-state index in [1.807, 2.05) is 13.8 Å². The molecule has 1 aliphatic carbocycles. The van der Waals surface area contributed by atoms with Gasteiger partial charge in [0.2, 0.25) is 11.8 Å². The summed E-state index contributed by atoms with van der Waals surface area (Å²) in [5.74, 6) is -0.452. The number of halogens is 4. The van der Waals surface area contributed by atoms with Crippen LogP contribution in [0.2, 0.25) is 0 Å². The zero-order valence-electron chi connectivity index (χ0n) is 33.3. The van der Waals surface area contributed by atoms with Crippen molar-refractivity contribution in [1.29, 1.82) is 0 Å². The van der Waals surface area contributed by atoms with Crippen molar-refractivity contribution in [2.75, 3.05) is 45.9 Å². The minimum atomic E-state index is -4.57. The number of aryl methyl sites for hydroxylation is 1. The minimum absolute atomic E-state index is 0.0198. The number of aromatic nitrogens is 1. The molecule has 1 unspecified atom stereocenters. The SMILES string of the molecule is C=C(CNC(=O)Cc1ccccc1F)N[C@]1(C(=O)N[C@H](C(=S)NCCN2CCOCC2)C(C)CC)CCc2[nH]c3c(C(F)(F)F)cccc3c2C1.CCC(C)C. The molecule has 1 aromatic heterocycles. The van der Waals surface area contributed by atoms with Gasteiger partial charge < -0.3 is 31.0 Å². The molecule has 5 rings (SSSR count). The molecule has 2 aromatic carbocycles. The van der Waals surface area contributed by atoms with Gasteiger partial charge in [-0.1, -0.05) is 96.6 Å². The second-order valence-corrected chi connectivity index (χ2v) is 15.7. The normalized spacial score (nSPS) is 18.2. The van der Waals surface area contributed by atoms with E-state index < -0.39 is 35.0 Å². The Hall–Kier alpha value is -4.01. The second-order valence-electron chi connectivity index (χ2n) is 15.2. The summed E-state index contributed by atoms with van der Waals surface area (Å²) in [5, 5.41) is 12.9. The van der Waals surface area contributed by atoms with Crippen LogP contribution in [0.3, 0.4) is 0 Å². The fourth-order valence-corrected chi connectivity index (χ4v) is 7.18. The summed E-state index contributed by atoms with van der Waals surface area (Å²) in [6.07, 6.45) is -2.15. The summed E-state index contributed by atoms with van der Waals surface area (Å²) in [4.78, 5) is 33.1. The lowest BCUT2D eigenvalue weighted by atomic mass is 9.78. The predicted molar refractivity (Wildman–Crippen MR) is 218 cm³/mol. The van der Waals surface area contributed by atoms with Gasteiger partial charge in [-0.05, 0) is 47.9 Å². The number of ether oxygens (including phenoxy) is 1. The Morgan fingerprint density at radius 3 is 2.38 bits per heavy atom. The lowest BCUT2D eigenvalue weighted by Crippen LogP contribution is -2.63. The lowest BCUT2D eigenvalue weighted by molar-refractivity contribution is -0.136. The molecular weight excluding hydrogens is 745 g/mol. The van der Waals surface area contributed by atoms with Gasteiger partial charge >= 0.3 is 6.18 Å². The summed E-state index contributed by atoms with van der Waals surface area (Å²) in [5.41, 5.74) is -0.329. The number of amides is 2. The summed E-state index contributed by atoms with van der Waals surface area (Å²) in [6.45, 7) is 19.1. The highest BCUT2D eigenvalue weighted by atomic mass is 32.1. The predicted octanol–water partition coefficient (Wildman–Crippen LogP) is 6.85. The fourth-order valence-electron chi connectivity index (χ4n) is 6.78. The van der Waals surface area contributed by atoms with Crippen molar-refractivity contribution in [1.82, 2.24) is 31.2 Å². The highest BCUT2D eigenvalue weighted by Crippen LogP contribution is 2.40. The van der Waals surface area contributed by atoms with Crippen LogP contribution >= 0.6 is 12.2 Å². The number of hydrogen-bond acceptors (Lipinski definition) is 6. The van der Waals surface area contributed by atoms with Crippen molar-refractivity contribution in [3.8, 4) is 0 Å². The molecule has 2 aliphatic rings. The highest BCUT2D eigenvalue weighted by Gasteiger charge is 2.45. The number of hydrogen-bond donors (Lipinski definition) is 5. The van der Waals surface area contributed by atoms with Crippen LogP contribution in [0.4, 0.5) is 17.6 Å². The first-order valence-electron chi connectivity index (χ1n) is 19.6. The number of morpholine rings is 1. The quantitative estimate of drug-likeness (QED) is 0.0846. The first-order chi connectivity index (χ1) is 26.6. The number of aromatic amines is 1. The maximum atomic E-state index is 14.6. The first-order valence-corrected chi connectivity index (χ1v) is 20.0. The molecule has 14 heteroatoms. The summed E-state index contributed by atoms with van der Waals surface area (Å²) < 4.78 is 61.5. The third-order valence-electron chi connectivity index (χ3n) is 10.7. The molecule has 5 N–H and O–H groups in total.